The van der Waals surface area contributed by atoms with Crippen LogP contribution in [-0.2, 0) is 0 Å². The van der Waals surface area contributed by atoms with Gasteiger partial charge < -0.3 is 10.2 Å². The molecule has 1 aromatic carbocycles. The van der Waals surface area contributed by atoms with Crippen LogP contribution in [0.2, 0.25) is 5.02 Å². The molecule has 1 fully saturated rings. The van der Waals surface area contributed by atoms with E-state index in [4.69, 9.17) is 11.6 Å². The molecule has 116 valence electrons. The van der Waals surface area contributed by atoms with E-state index in [1.807, 2.05) is 0 Å². The Morgan fingerprint density at radius 1 is 1.38 bits per heavy atom. The lowest BCUT2D eigenvalue weighted by Gasteiger charge is -2.34. The van der Waals surface area contributed by atoms with Gasteiger partial charge in [-0.2, -0.15) is 0 Å². The Morgan fingerprint density at radius 2 is 2.05 bits per heavy atom. The Hall–Kier alpha value is -1.13. The monoisotopic (exact) mass is 312 g/mol. The van der Waals surface area contributed by atoms with Crippen molar-refractivity contribution in [3.63, 3.8) is 0 Å². The van der Waals surface area contributed by atoms with Crippen LogP contribution in [0.25, 0.3) is 0 Å². The zero-order chi connectivity index (χ0) is 15.4. The van der Waals surface area contributed by atoms with Crippen molar-refractivity contribution < 1.29 is 9.18 Å². The fourth-order valence-corrected chi connectivity index (χ4v) is 3.32. The van der Waals surface area contributed by atoms with Crippen LogP contribution in [0.1, 0.15) is 30.6 Å². The molecular formula is C16H22ClFN2O. The molecule has 2 unspecified atom stereocenters. The highest BCUT2D eigenvalue weighted by molar-refractivity contribution is 6.33. The van der Waals surface area contributed by atoms with E-state index in [9.17, 15) is 9.18 Å². The number of rotatable bonds is 4. The van der Waals surface area contributed by atoms with E-state index in [2.05, 4.69) is 24.1 Å². The van der Waals surface area contributed by atoms with Gasteiger partial charge in [-0.3, -0.25) is 4.79 Å². The van der Waals surface area contributed by atoms with Crippen LogP contribution in [0.3, 0.4) is 0 Å². The lowest BCUT2D eigenvalue weighted by Crippen LogP contribution is -2.42. The second-order valence-electron chi connectivity index (χ2n) is 6.09. The number of carbonyl (C=O) groups is 1. The number of nitrogens with zero attached hydrogens (tertiary/aromatic N) is 1. The first-order valence-electron chi connectivity index (χ1n) is 7.41. The highest BCUT2D eigenvalue weighted by Gasteiger charge is 2.21. The van der Waals surface area contributed by atoms with Gasteiger partial charge in [0.2, 0.25) is 0 Å². The molecule has 5 heteroatoms. The highest BCUT2D eigenvalue weighted by atomic mass is 35.5. The minimum absolute atomic E-state index is 0.146. The molecule has 21 heavy (non-hydrogen) atoms. The van der Waals surface area contributed by atoms with Crippen LogP contribution >= 0.6 is 11.6 Å². The number of piperidine rings is 1. The van der Waals surface area contributed by atoms with Crippen molar-refractivity contribution in [1.82, 2.24) is 10.2 Å². The highest BCUT2D eigenvalue weighted by Crippen LogP contribution is 2.20. The third-order valence-corrected chi connectivity index (χ3v) is 4.15. The number of nitrogens with one attached hydrogen (secondary N) is 1. The molecule has 1 aromatic rings. The molecule has 1 N–H and O–H groups in total. The lowest BCUT2D eigenvalue weighted by atomic mass is 9.92. The summed E-state index contributed by atoms with van der Waals surface area (Å²) in [6.45, 7) is 8.10. The molecule has 0 saturated carbocycles. The quantitative estimate of drug-likeness (QED) is 0.926. The zero-order valence-corrected chi connectivity index (χ0v) is 13.3. The summed E-state index contributed by atoms with van der Waals surface area (Å²) in [5.74, 6) is 0.720. The standard InChI is InChI=1S/C16H22ClFN2O/c1-11-7-12(2)10-20(9-11)6-5-19-16(21)14-4-3-13(18)8-15(14)17/h3-4,8,11-12H,5-7,9-10H2,1-2H3,(H,19,21). The molecule has 3 nitrogen and oxygen atoms in total. The molecule has 1 aliphatic rings. The van der Waals surface area contributed by atoms with Gasteiger partial charge in [-0.25, -0.2) is 4.39 Å². The van der Waals surface area contributed by atoms with E-state index in [1.54, 1.807) is 0 Å². The maximum Gasteiger partial charge on any atom is 0.252 e. The first-order chi connectivity index (χ1) is 9.95. The summed E-state index contributed by atoms with van der Waals surface area (Å²) in [4.78, 5) is 14.4. The van der Waals surface area contributed by atoms with E-state index in [-0.39, 0.29) is 10.9 Å². The van der Waals surface area contributed by atoms with Gasteiger partial charge in [0, 0.05) is 26.2 Å². The van der Waals surface area contributed by atoms with E-state index < -0.39 is 5.82 Å². The van der Waals surface area contributed by atoms with Crippen LogP contribution in [0.4, 0.5) is 4.39 Å². The predicted molar refractivity (Wildman–Crippen MR) is 83.1 cm³/mol. The molecule has 2 atom stereocenters. The molecule has 0 spiro atoms. The van der Waals surface area contributed by atoms with Crippen molar-refractivity contribution in [2.75, 3.05) is 26.2 Å². The number of benzene rings is 1. The third-order valence-electron chi connectivity index (χ3n) is 3.83. The minimum Gasteiger partial charge on any atom is -0.351 e. The molecule has 2 rings (SSSR count). The molecular weight excluding hydrogens is 291 g/mol. The van der Waals surface area contributed by atoms with Gasteiger partial charge in [-0.15, -0.1) is 0 Å². The average Bonchev–Trinajstić information content (AvgIpc) is 2.37. The number of likely N-dealkylation sites (tertiary alicyclic amines) is 1. The van der Waals surface area contributed by atoms with Gasteiger partial charge in [-0.1, -0.05) is 25.4 Å². The molecule has 1 aliphatic heterocycles. The van der Waals surface area contributed by atoms with Gasteiger partial charge in [0.1, 0.15) is 5.82 Å². The van der Waals surface area contributed by atoms with Crippen LogP contribution in [-0.4, -0.2) is 37.0 Å². The summed E-state index contributed by atoms with van der Waals surface area (Å²) in [5.41, 5.74) is 0.318. The average molecular weight is 313 g/mol. The summed E-state index contributed by atoms with van der Waals surface area (Å²) in [6, 6.07) is 3.82. The number of carbonyl (C=O) groups excluding carboxylic acids is 1. The molecule has 0 radical (unpaired) electrons. The van der Waals surface area contributed by atoms with Gasteiger partial charge in [0.05, 0.1) is 10.6 Å². The number of hydrogen-bond acceptors (Lipinski definition) is 2. The SMILES string of the molecule is CC1CC(C)CN(CCNC(=O)c2ccc(F)cc2Cl)C1. The Bertz CT molecular complexity index is 499. The Balaban J connectivity index is 1.81. The number of halogens is 2. The number of hydrogen-bond donors (Lipinski definition) is 1. The Morgan fingerprint density at radius 3 is 2.67 bits per heavy atom. The zero-order valence-electron chi connectivity index (χ0n) is 12.5. The van der Waals surface area contributed by atoms with Crippen LogP contribution in [0.15, 0.2) is 18.2 Å². The first-order valence-corrected chi connectivity index (χ1v) is 7.79. The molecule has 0 aromatic heterocycles. The van der Waals surface area contributed by atoms with Gasteiger partial charge in [0.25, 0.3) is 5.91 Å². The van der Waals surface area contributed by atoms with Crippen molar-refractivity contribution >= 4 is 17.5 Å². The van der Waals surface area contributed by atoms with Crippen LogP contribution in [0.5, 0.6) is 0 Å². The summed E-state index contributed by atoms with van der Waals surface area (Å²) >= 11 is 5.88. The van der Waals surface area contributed by atoms with E-state index >= 15 is 0 Å². The van der Waals surface area contributed by atoms with Crippen molar-refractivity contribution in [1.29, 1.82) is 0 Å². The van der Waals surface area contributed by atoms with Crippen molar-refractivity contribution in [3.8, 4) is 0 Å². The van der Waals surface area contributed by atoms with Crippen molar-refractivity contribution in [2.24, 2.45) is 11.8 Å². The van der Waals surface area contributed by atoms with E-state index in [0.29, 0.717) is 23.9 Å². The van der Waals surface area contributed by atoms with Gasteiger partial charge in [0.15, 0.2) is 0 Å². The van der Waals surface area contributed by atoms with Crippen molar-refractivity contribution in [3.05, 3.63) is 34.6 Å². The fourth-order valence-electron chi connectivity index (χ4n) is 3.07. The molecule has 1 saturated heterocycles. The first kappa shape index (κ1) is 16.2. The second kappa shape index (κ2) is 7.23. The predicted octanol–water partition coefficient (Wildman–Crippen LogP) is 3.19. The smallest absolute Gasteiger partial charge is 0.252 e. The Kier molecular flexibility index (Phi) is 5.59. The maximum absolute atomic E-state index is 13.0. The second-order valence-corrected chi connectivity index (χ2v) is 6.49. The largest absolute Gasteiger partial charge is 0.351 e. The van der Waals surface area contributed by atoms with Gasteiger partial charge >= 0.3 is 0 Å². The maximum atomic E-state index is 13.0. The topological polar surface area (TPSA) is 32.3 Å². The van der Waals surface area contributed by atoms with Gasteiger partial charge in [-0.05, 0) is 36.5 Å². The molecule has 0 bridgehead atoms. The minimum atomic E-state index is -0.437. The summed E-state index contributed by atoms with van der Waals surface area (Å²) in [7, 11) is 0. The fraction of sp³-hybridized carbons (Fsp3) is 0.562. The lowest BCUT2D eigenvalue weighted by molar-refractivity contribution is 0.0937. The summed E-state index contributed by atoms with van der Waals surface area (Å²) < 4.78 is 13.0. The van der Waals surface area contributed by atoms with Crippen LogP contribution < -0.4 is 5.32 Å². The third kappa shape index (κ3) is 4.68. The van der Waals surface area contributed by atoms with E-state index in [1.165, 1.54) is 18.6 Å². The van der Waals surface area contributed by atoms with Crippen molar-refractivity contribution in [2.45, 2.75) is 20.3 Å². The molecule has 1 amide bonds. The molecule has 1 heterocycles. The van der Waals surface area contributed by atoms with Crippen LogP contribution in [0, 0.1) is 17.7 Å². The summed E-state index contributed by atoms with van der Waals surface area (Å²) in [6.07, 6.45) is 1.27. The normalized spacial score (nSPS) is 23.0. The van der Waals surface area contributed by atoms with E-state index in [0.717, 1.165) is 25.7 Å². The molecule has 0 aliphatic carbocycles. The number of amides is 1. The summed E-state index contributed by atoms with van der Waals surface area (Å²) in [5, 5.41) is 2.99. The Labute approximate surface area is 130 Å².